The highest BCUT2D eigenvalue weighted by Gasteiger charge is 2.26. The summed E-state index contributed by atoms with van der Waals surface area (Å²) in [4.78, 5) is 37.9. The third kappa shape index (κ3) is 3.56. The minimum absolute atomic E-state index is 0.0576. The first-order valence-corrected chi connectivity index (χ1v) is 7.19. The number of hydrogen-bond donors (Lipinski definition) is 3. The van der Waals surface area contributed by atoms with Crippen LogP contribution in [0.3, 0.4) is 0 Å². The molecule has 0 aliphatic carbocycles. The standard InChI is InChI=1S/C16H17FN2O4/c1-3-8(2)14(16(22)23)19-15(21)11-7-13(20)18-12-5-4-9(17)6-10(11)12/h4-8,14H,3H2,1-2H3,(H,18,20)(H,19,21)(H,22,23)/t8-,14-/m0/s1. The molecule has 0 radical (unpaired) electrons. The maximum absolute atomic E-state index is 13.4. The lowest BCUT2D eigenvalue weighted by Gasteiger charge is -2.20. The van der Waals surface area contributed by atoms with Gasteiger partial charge in [-0.25, -0.2) is 9.18 Å². The van der Waals surface area contributed by atoms with Gasteiger partial charge in [-0.1, -0.05) is 20.3 Å². The Morgan fingerprint density at radius 3 is 2.65 bits per heavy atom. The lowest BCUT2D eigenvalue weighted by atomic mass is 9.98. The predicted octanol–water partition coefficient (Wildman–Crippen LogP) is 1.90. The molecule has 2 aromatic rings. The van der Waals surface area contributed by atoms with Gasteiger partial charge >= 0.3 is 5.97 Å². The van der Waals surface area contributed by atoms with Crippen molar-refractivity contribution in [3.8, 4) is 0 Å². The SMILES string of the molecule is CC[C@H](C)[C@H](NC(=O)c1cc(=O)[nH]c2ccc(F)cc12)C(=O)O. The van der Waals surface area contributed by atoms with Gasteiger partial charge in [-0.2, -0.15) is 0 Å². The van der Waals surface area contributed by atoms with E-state index in [0.29, 0.717) is 11.9 Å². The second kappa shape index (κ2) is 6.60. The zero-order valence-electron chi connectivity index (χ0n) is 12.7. The van der Waals surface area contributed by atoms with E-state index in [1.807, 2.05) is 6.92 Å². The van der Waals surface area contributed by atoms with E-state index in [9.17, 15) is 23.9 Å². The zero-order valence-corrected chi connectivity index (χ0v) is 12.7. The molecule has 122 valence electrons. The number of aromatic nitrogens is 1. The van der Waals surface area contributed by atoms with Crippen LogP contribution in [0, 0.1) is 11.7 Å². The Morgan fingerprint density at radius 1 is 1.35 bits per heavy atom. The molecule has 3 N–H and O–H groups in total. The van der Waals surface area contributed by atoms with Crippen molar-refractivity contribution in [2.75, 3.05) is 0 Å². The van der Waals surface area contributed by atoms with Crippen molar-refractivity contribution in [1.29, 1.82) is 0 Å². The minimum Gasteiger partial charge on any atom is -0.480 e. The maximum Gasteiger partial charge on any atom is 0.326 e. The first-order chi connectivity index (χ1) is 10.8. The van der Waals surface area contributed by atoms with Crippen LogP contribution in [0.25, 0.3) is 10.9 Å². The Morgan fingerprint density at radius 2 is 2.04 bits per heavy atom. The van der Waals surface area contributed by atoms with E-state index < -0.39 is 29.3 Å². The van der Waals surface area contributed by atoms with Crippen LogP contribution in [-0.2, 0) is 4.79 Å². The fraction of sp³-hybridized carbons (Fsp3) is 0.312. The Balaban J connectivity index is 2.46. The summed E-state index contributed by atoms with van der Waals surface area (Å²) in [7, 11) is 0. The van der Waals surface area contributed by atoms with Crippen LogP contribution >= 0.6 is 0 Å². The van der Waals surface area contributed by atoms with Crippen LogP contribution in [0.1, 0.15) is 30.6 Å². The quantitative estimate of drug-likeness (QED) is 0.783. The second-order valence-corrected chi connectivity index (χ2v) is 5.41. The van der Waals surface area contributed by atoms with Gasteiger partial charge in [-0.3, -0.25) is 9.59 Å². The fourth-order valence-corrected chi connectivity index (χ4v) is 2.32. The molecule has 2 atom stereocenters. The number of halogens is 1. The van der Waals surface area contributed by atoms with Crippen molar-refractivity contribution in [2.45, 2.75) is 26.3 Å². The Bertz CT molecular complexity index is 815. The molecule has 0 fully saturated rings. The average molecular weight is 320 g/mol. The Kier molecular flexibility index (Phi) is 4.78. The van der Waals surface area contributed by atoms with Crippen LogP contribution in [-0.4, -0.2) is 28.0 Å². The van der Waals surface area contributed by atoms with E-state index in [0.717, 1.165) is 12.1 Å². The van der Waals surface area contributed by atoms with Gasteiger partial charge in [-0.15, -0.1) is 0 Å². The molecule has 0 spiro atoms. The van der Waals surface area contributed by atoms with Crippen molar-refractivity contribution in [3.05, 3.63) is 46.0 Å². The van der Waals surface area contributed by atoms with Gasteiger partial charge in [0.1, 0.15) is 11.9 Å². The summed E-state index contributed by atoms with van der Waals surface area (Å²) in [6.07, 6.45) is 0.558. The van der Waals surface area contributed by atoms with Crippen molar-refractivity contribution < 1.29 is 19.1 Å². The van der Waals surface area contributed by atoms with E-state index in [4.69, 9.17) is 0 Å². The third-order valence-electron chi connectivity index (χ3n) is 3.82. The summed E-state index contributed by atoms with van der Waals surface area (Å²) in [5.41, 5.74) is -0.276. The molecule has 0 saturated carbocycles. The number of benzene rings is 1. The van der Waals surface area contributed by atoms with E-state index in [2.05, 4.69) is 10.3 Å². The lowest BCUT2D eigenvalue weighted by Crippen LogP contribution is -2.45. The monoisotopic (exact) mass is 320 g/mol. The van der Waals surface area contributed by atoms with E-state index >= 15 is 0 Å². The summed E-state index contributed by atoms with van der Waals surface area (Å²) in [5, 5.41) is 11.9. The van der Waals surface area contributed by atoms with Gasteiger partial charge in [0, 0.05) is 17.0 Å². The number of carbonyl (C=O) groups excluding carboxylic acids is 1. The van der Waals surface area contributed by atoms with Crippen molar-refractivity contribution in [3.63, 3.8) is 0 Å². The molecular weight excluding hydrogens is 303 g/mol. The first-order valence-electron chi connectivity index (χ1n) is 7.19. The van der Waals surface area contributed by atoms with Crippen LogP contribution in [0.2, 0.25) is 0 Å². The second-order valence-electron chi connectivity index (χ2n) is 5.41. The number of carboxylic acid groups (broad SMARTS) is 1. The number of H-pyrrole nitrogens is 1. The van der Waals surface area contributed by atoms with Gasteiger partial charge in [0.15, 0.2) is 0 Å². The molecule has 0 aliphatic rings. The Labute approximate surface area is 131 Å². The van der Waals surface area contributed by atoms with Gasteiger partial charge in [0.25, 0.3) is 5.91 Å². The first kappa shape index (κ1) is 16.7. The molecule has 1 heterocycles. The van der Waals surface area contributed by atoms with Crippen LogP contribution < -0.4 is 10.9 Å². The van der Waals surface area contributed by atoms with E-state index in [1.54, 1.807) is 6.92 Å². The molecule has 0 bridgehead atoms. The van der Waals surface area contributed by atoms with Gasteiger partial charge in [0.05, 0.1) is 5.56 Å². The molecule has 0 saturated heterocycles. The smallest absolute Gasteiger partial charge is 0.326 e. The average Bonchev–Trinajstić information content (AvgIpc) is 2.50. The number of aromatic amines is 1. The molecule has 2 rings (SSSR count). The number of aliphatic carboxylic acids is 1. The lowest BCUT2D eigenvalue weighted by molar-refractivity contribution is -0.140. The van der Waals surface area contributed by atoms with E-state index in [-0.39, 0.29) is 16.9 Å². The fourth-order valence-electron chi connectivity index (χ4n) is 2.32. The van der Waals surface area contributed by atoms with Crippen molar-refractivity contribution in [1.82, 2.24) is 10.3 Å². The number of hydrogen-bond acceptors (Lipinski definition) is 3. The summed E-state index contributed by atoms with van der Waals surface area (Å²) >= 11 is 0. The van der Waals surface area contributed by atoms with Gasteiger partial charge < -0.3 is 15.4 Å². The number of amides is 1. The molecule has 1 aromatic carbocycles. The molecule has 23 heavy (non-hydrogen) atoms. The molecule has 1 amide bonds. The molecule has 0 aliphatic heterocycles. The molecular formula is C16H17FN2O4. The summed E-state index contributed by atoms with van der Waals surface area (Å²) < 4.78 is 13.4. The highest BCUT2D eigenvalue weighted by Crippen LogP contribution is 2.17. The number of rotatable bonds is 5. The number of nitrogens with one attached hydrogen (secondary N) is 2. The summed E-state index contributed by atoms with van der Waals surface area (Å²) in [6.45, 7) is 3.51. The number of pyridine rings is 1. The van der Waals surface area contributed by atoms with E-state index in [1.165, 1.54) is 12.1 Å². The summed E-state index contributed by atoms with van der Waals surface area (Å²) in [6, 6.07) is 3.59. The summed E-state index contributed by atoms with van der Waals surface area (Å²) in [5.74, 6) is -2.73. The molecule has 6 nitrogen and oxygen atoms in total. The topological polar surface area (TPSA) is 99.3 Å². The number of carboxylic acids is 1. The minimum atomic E-state index is -1.16. The van der Waals surface area contributed by atoms with Crippen LogP contribution in [0.15, 0.2) is 29.1 Å². The zero-order chi connectivity index (χ0) is 17.1. The largest absolute Gasteiger partial charge is 0.480 e. The normalized spacial score (nSPS) is 13.5. The van der Waals surface area contributed by atoms with Crippen LogP contribution in [0.5, 0.6) is 0 Å². The van der Waals surface area contributed by atoms with Crippen molar-refractivity contribution in [2.24, 2.45) is 5.92 Å². The highest BCUT2D eigenvalue weighted by molar-refractivity contribution is 6.07. The van der Waals surface area contributed by atoms with Gasteiger partial charge in [0.2, 0.25) is 5.56 Å². The van der Waals surface area contributed by atoms with Gasteiger partial charge in [-0.05, 0) is 24.1 Å². The predicted molar refractivity (Wildman–Crippen MR) is 82.9 cm³/mol. The molecule has 0 unspecified atom stereocenters. The Hall–Kier alpha value is -2.70. The number of fused-ring (bicyclic) bond motifs is 1. The van der Waals surface area contributed by atoms with Crippen molar-refractivity contribution >= 4 is 22.8 Å². The maximum atomic E-state index is 13.4. The highest BCUT2D eigenvalue weighted by atomic mass is 19.1. The molecule has 1 aromatic heterocycles. The molecule has 7 heteroatoms. The third-order valence-corrected chi connectivity index (χ3v) is 3.82. The number of carbonyl (C=O) groups is 2. The van der Waals surface area contributed by atoms with Crippen LogP contribution in [0.4, 0.5) is 4.39 Å².